The number of aromatic nitrogens is 2. The van der Waals surface area contributed by atoms with Crippen LogP contribution in [0.3, 0.4) is 0 Å². The van der Waals surface area contributed by atoms with E-state index >= 15 is 0 Å². The fourth-order valence-corrected chi connectivity index (χ4v) is 4.85. The Hall–Kier alpha value is -2.81. The minimum atomic E-state index is -0.163. The summed E-state index contributed by atoms with van der Waals surface area (Å²) in [4.78, 5) is 35.2. The molecule has 6 nitrogen and oxygen atoms in total. The summed E-state index contributed by atoms with van der Waals surface area (Å²) in [7, 11) is 1.82. The number of rotatable bonds is 6. The third-order valence-electron chi connectivity index (χ3n) is 4.87. The van der Waals surface area contributed by atoms with E-state index in [9.17, 15) is 9.59 Å². The summed E-state index contributed by atoms with van der Waals surface area (Å²) in [5.41, 5.74) is 3.48. The zero-order valence-electron chi connectivity index (χ0n) is 17.1. The molecule has 8 heteroatoms. The number of nitrogens with zero attached hydrogens (tertiary/aromatic N) is 2. The number of aryl methyl sites for hydroxylation is 1. The number of carbonyl (C=O) groups is 1. The lowest BCUT2D eigenvalue weighted by atomic mass is 10.1. The Balaban J connectivity index is 1.47. The van der Waals surface area contributed by atoms with Gasteiger partial charge in [0.1, 0.15) is 10.7 Å². The molecule has 2 aromatic carbocycles. The van der Waals surface area contributed by atoms with Crippen molar-refractivity contribution in [3.8, 4) is 11.1 Å². The van der Waals surface area contributed by atoms with Crippen molar-refractivity contribution < 1.29 is 4.79 Å². The monoisotopic (exact) mass is 496 g/mol. The summed E-state index contributed by atoms with van der Waals surface area (Å²) in [6.07, 6.45) is 0. The van der Waals surface area contributed by atoms with Crippen molar-refractivity contribution in [1.82, 2.24) is 14.9 Å². The largest absolute Gasteiger partial charge is 0.325 e. The van der Waals surface area contributed by atoms with Crippen LogP contribution in [-0.2, 0) is 11.3 Å². The number of fused-ring (bicyclic) bond motifs is 1. The molecule has 4 aromatic rings. The zero-order valence-corrected chi connectivity index (χ0v) is 19.5. The smallest absolute Gasteiger partial charge is 0.260 e. The van der Waals surface area contributed by atoms with Crippen molar-refractivity contribution in [1.29, 1.82) is 0 Å². The molecule has 0 atom stereocenters. The molecule has 0 saturated carbocycles. The summed E-state index contributed by atoms with van der Waals surface area (Å²) in [5.74, 6) is 0.410. The molecule has 1 amide bonds. The average Bonchev–Trinajstić information content (AvgIpc) is 3.15. The van der Waals surface area contributed by atoms with Crippen molar-refractivity contribution in [3.05, 3.63) is 80.1 Å². The number of benzene rings is 2. The van der Waals surface area contributed by atoms with Crippen LogP contribution in [0.25, 0.3) is 21.3 Å². The van der Waals surface area contributed by atoms with Crippen LogP contribution < -0.4 is 10.9 Å². The first-order valence-electron chi connectivity index (χ1n) is 9.71. The Labute approximate surface area is 192 Å². The summed E-state index contributed by atoms with van der Waals surface area (Å²) >= 11 is 4.87. The number of hydrogen-bond acceptors (Lipinski definition) is 5. The molecule has 0 saturated heterocycles. The van der Waals surface area contributed by atoms with Crippen LogP contribution in [-0.4, -0.2) is 34.4 Å². The standard InChI is InChI=1S/C23H21BrN4O2S/c1-14-10-16(24)8-9-18(14)25-20(29)12-28(2)11-19-26-22(30)21-17(13-31-23(21)27-19)15-6-4-3-5-7-15/h3-10,13H,11-12H2,1-2H3,(H,25,29)(H,26,27,30). The topological polar surface area (TPSA) is 78.1 Å². The van der Waals surface area contributed by atoms with Gasteiger partial charge >= 0.3 is 0 Å². The van der Waals surface area contributed by atoms with Crippen LogP contribution in [0.5, 0.6) is 0 Å². The van der Waals surface area contributed by atoms with Crippen molar-refractivity contribution in [2.24, 2.45) is 0 Å². The lowest BCUT2D eigenvalue weighted by Gasteiger charge is -2.16. The van der Waals surface area contributed by atoms with Crippen molar-refractivity contribution >= 4 is 49.1 Å². The molecule has 2 aromatic heterocycles. The quantitative estimate of drug-likeness (QED) is 0.402. The Morgan fingerprint density at radius 3 is 2.74 bits per heavy atom. The molecule has 0 radical (unpaired) electrons. The Morgan fingerprint density at radius 1 is 1.23 bits per heavy atom. The minimum absolute atomic E-state index is 0.126. The molecule has 2 N–H and O–H groups in total. The van der Waals surface area contributed by atoms with E-state index in [4.69, 9.17) is 0 Å². The van der Waals surface area contributed by atoms with E-state index in [0.29, 0.717) is 22.6 Å². The molecule has 31 heavy (non-hydrogen) atoms. The maximum atomic E-state index is 12.8. The van der Waals surface area contributed by atoms with Crippen LogP contribution >= 0.6 is 27.3 Å². The molecule has 0 aliphatic carbocycles. The van der Waals surface area contributed by atoms with Crippen LogP contribution in [0, 0.1) is 6.92 Å². The highest BCUT2D eigenvalue weighted by molar-refractivity contribution is 9.10. The predicted octanol–water partition coefficient (Wildman–Crippen LogP) is 4.79. The first-order valence-corrected chi connectivity index (χ1v) is 11.4. The molecule has 0 bridgehead atoms. The third-order valence-corrected chi connectivity index (χ3v) is 6.24. The molecule has 0 fully saturated rings. The maximum absolute atomic E-state index is 12.8. The number of carbonyl (C=O) groups excluding carboxylic acids is 1. The number of thiophene rings is 1. The van der Waals surface area contributed by atoms with Crippen LogP contribution in [0.15, 0.2) is 63.2 Å². The highest BCUT2D eigenvalue weighted by atomic mass is 79.9. The van der Waals surface area contributed by atoms with E-state index in [-0.39, 0.29) is 18.0 Å². The lowest BCUT2D eigenvalue weighted by molar-refractivity contribution is -0.117. The molecule has 0 unspecified atom stereocenters. The van der Waals surface area contributed by atoms with E-state index < -0.39 is 0 Å². The first kappa shape index (κ1) is 21.4. The molecule has 158 valence electrons. The SMILES string of the molecule is Cc1cc(Br)ccc1NC(=O)CN(C)Cc1nc2scc(-c3ccccc3)c2c(=O)[nH]1. The van der Waals surface area contributed by atoms with Gasteiger partial charge < -0.3 is 10.3 Å². The Morgan fingerprint density at radius 2 is 2.00 bits per heavy atom. The van der Waals surface area contributed by atoms with Gasteiger partial charge in [0.2, 0.25) is 5.91 Å². The van der Waals surface area contributed by atoms with Gasteiger partial charge in [-0.25, -0.2) is 4.98 Å². The summed E-state index contributed by atoms with van der Waals surface area (Å²) in [6, 6.07) is 15.5. The second-order valence-electron chi connectivity index (χ2n) is 7.39. The molecule has 4 rings (SSSR count). The molecule has 0 aliphatic rings. The van der Waals surface area contributed by atoms with Gasteiger partial charge in [-0.1, -0.05) is 46.3 Å². The Kier molecular flexibility index (Phi) is 6.31. The van der Waals surface area contributed by atoms with Crippen molar-refractivity contribution in [3.63, 3.8) is 0 Å². The number of hydrogen-bond donors (Lipinski definition) is 2. The van der Waals surface area contributed by atoms with Gasteiger partial charge in [-0.15, -0.1) is 11.3 Å². The molecular formula is C23H21BrN4O2S. The van der Waals surface area contributed by atoms with Gasteiger partial charge in [0.25, 0.3) is 5.56 Å². The number of H-pyrrole nitrogens is 1. The predicted molar refractivity (Wildman–Crippen MR) is 130 cm³/mol. The van der Waals surface area contributed by atoms with Gasteiger partial charge in [0.05, 0.1) is 18.5 Å². The van der Waals surface area contributed by atoms with E-state index in [0.717, 1.165) is 26.9 Å². The number of halogens is 1. The first-order chi connectivity index (χ1) is 14.9. The van der Waals surface area contributed by atoms with E-state index in [1.165, 1.54) is 11.3 Å². The van der Waals surface area contributed by atoms with Gasteiger partial charge in [-0.05, 0) is 43.3 Å². The minimum Gasteiger partial charge on any atom is -0.325 e. The van der Waals surface area contributed by atoms with Gasteiger partial charge in [-0.2, -0.15) is 0 Å². The highest BCUT2D eigenvalue weighted by Crippen LogP contribution is 2.30. The highest BCUT2D eigenvalue weighted by Gasteiger charge is 2.15. The summed E-state index contributed by atoms with van der Waals surface area (Å²) in [5, 5.41) is 5.49. The molecule has 2 heterocycles. The van der Waals surface area contributed by atoms with Gasteiger partial charge in [0, 0.05) is 21.1 Å². The summed E-state index contributed by atoms with van der Waals surface area (Å²) < 4.78 is 0.967. The second kappa shape index (κ2) is 9.13. The third kappa shape index (κ3) is 4.92. The fraction of sp³-hybridized carbons (Fsp3) is 0.174. The number of nitrogens with one attached hydrogen (secondary N) is 2. The van der Waals surface area contributed by atoms with Crippen LogP contribution in [0.4, 0.5) is 5.69 Å². The molecule has 0 spiro atoms. The Bertz CT molecular complexity index is 1300. The summed E-state index contributed by atoms with van der Waals surface area (Å²) in [6.45, 7) is 2.48. The fourth-order valence-electron chi connectivity index (χ4n) is 3.41. The zero-order chi connectivity index (χ0) is 22.0. The van der Waals surface area contributed by atoms with E-state index in [2.05, 4.69) is 31.2 Å². The number of likely N-dealkylation sites (N-methyl/N-ethyl adjacent to an activating group) is 1. The lowest BCUT2D eigenvalue weighted by Crippen LogP contribution is -2.31. The van der Waals surface area contributed by atoms with Crippen molar-refractivity contribution in [2.45, 2.75) is 13.5 Å². The molecule has 0 aliphatic heterocycles. The number of amides is 1. The average molecular weight is 497 g/mol. The normalized spacial score (nSPS) is 11.2. The van der Waals surface area contributed by atoms with E-state index in [1.807, 2.05) is 72.8 Å². The number of aromatic amines is 1. The second-order valence-corrected chi connectivity index (χ2v) is 9.16. The van der Waals surface area contributed by atoms with Crippen LogP contribution in [0.1, 0.15) is 11.4 Å². The van der Waals surface area contributed by atoms with Gasteiger partial charge in [-0.3, -0.25) is 14.5 Å². The van der Waals surface area contributed by atoms with Crippen molar-refractivity contribution in [2.75, 3.05) is 18.9 Å². The maximum Gasteiger partial charge on any atom is 0.260 e. The van der Waals surface area contributed by atoms with Gasteiger partial charge in [0.15, 0.2) is 0 Å². The van der Waals surface area contributed by atoms with E-state index in [1.54, 1.807) is 0 Å². The number of anilines is 1. The molecular weight excluding hydrogens is 476 g/mol. The van der Waals surface area contributed by atoms with Crippen LogP contribution in [0.2, 0.25) is 0 Å².